The molecule has 0 atom stereocenters. The number of Topliss-reactive ketones (excluding diaryl/α,β-unsaturated/α-hetero) is 1. The molecular weight excluding hydrogens is 232 g/mol. The first-order valence-electron chi connectivity index (χ1n) is 6.34. The zero-order valence-corrected chi connectivity index (χ0v) is 10.8. The quantitative estimate of drug-likeness (QED) is 0.601. The van der Waals surface area contributed by atoms with Crippen LogP contribution in [-0.2, 0) is 0 Å². The Hall–Kier alpha value is -2.41. The van der Waals surface area contributed by atoms with Crippen LogP contribution in [0.4, 0.5) is 0 Å². The van der Waals surface area contributed by atoms with Crippen LogP contribution in [0.2, 0.25) is 0 Å². The fraction of sp³-hybridized carbons (Fsp3) is 0.0556. The molecule has 0 aromatic heterocycles. The van der Waals surface area contributed by atoms with Crippen molar-refractivity contribution in [2.45, 2.75) is 6.92 Å². The summed E-state index contributed by atoms with van der Waals surface area (Å²) in [6, 6.07) is 22.5. The number of hydrogen-bond donors (Lipinski definition) is 0. The minimum atomic E-state index is 0.103. The monoisotopic (exact) mass is 246 g/mol. The highest BCUT2D eigenvalue weighted by atomic mass is 16.1. The van der Waals surface area contributed by atoms with E-state index in [2.05, 4.69) is 24.3 Å². The molecule has 0 saturated carbocycles. The van der Waals surface area contributed by atoms with Gasteiger partial charge in [0.25, 0.3) is 0 Å². The van der Waals surface area contributed by atoms with Gasteiger partial charge in [-0.15, -0.1) is 0 Å². The Morgan fingerprint density at radius 1 is 0.684 bits per heavy atom. The predicted octanol–water partition coefficient (Wildman–Crippen LogP) is 4.66. The molecule has 0 aliphatic heterocycles. The Morgan fingerprint density at radius 2 is 1.26 bits per heavy atom. The van der Waals surface area contributed by atoms with E-state index in [9.17, 15) is 4.79 Å². The van der Waals surface area contributed by atoms with Crippen molar-refractivity contribution < 1.29 is 4.79 Å². The van der Waals surface area contributed by atoms with Crippen LogP contribution < -0.4 is 0 Å². The van der Waals surface area contributed by atoms with Crippen molar-refractivity contribution in [2.75, 3.05) is 0 Å². The summed E-state index contributed by atoms with van der Waals surface area (Å²) in [4.78, 5) is 11.3. The van der Waals surface area contributed by atoms with Crippen LogP contribution in [0, 0.1) is 0 Å². The third-order valence-electron chi connectivity index (χ3n) is 3.35. The lowest BCUT2D eigenvalue weighted by Crippen LogP contribution is -1.90. The second-order valence-corrected chi connectivity index (χ2v) is 4.70. The van der Waals surface area contributed by atoms with E-state index in [1.165, 1.54) is 16.7 Å². The topological polar surface area (TPSA) is 17.1 Å². The van der Waals surface area contributed by atoms with Crippen molar-refractivity contribution in [2.24, 2.45) is 0 Å². The van der Waals surface area contributed by atoms with Gasteiger partial charge < -0.3 is 0 Å². The van der Waals surface area contributed by atoms with Crippen LogP contribution in [0.25, 0.3) is 22.3 Å². The third kappa shape index (κ3) is 2.27. The molecule has 3 rings (SSSR count). The standard InChI is InChI=1S/C18H14O/c1-13(19)14-7-9-15(10-8-14)18-11-16-5-3-2-4-6-17(16)12-18/h2-12H,1H3. The molecule has 92 valence electrons. The van der Waals surface area contributed by atoms with Crippen molar-refractivity contribution >= 4 is 5.78 Å². The highest BCUT2D eigenvalue weighted by molar-refractivity contribution is 5.94. The van der Waals surface area contributed by atoms with Crippen molar-refractivity contribution in [3.63, 3.8) is 0 Å². The van der Waals surface area contributed by atoms with E-state index in [0.717, 1.165) is 11.1 Å². The van der Waals surface area contributed by atoms with Gasteiger partial charge in [-0.2, -0.15) is 0 Å². The van der Waals surface area contributed by atoms with Crippen LogP contribution in [0.3, 0.4) is 0 Å². The first-order valence-corrected chi connectivity index (χ1v) is 6.34. The van der Waals surface area contributed by atoms with Gasteiger partial charge in [0.1, 0.15) is 0 Å². The van der Waals surface area contributed by atoms with E-state index in [-0.39, 0.29) is 5.78 Å². The molecule has 19 heavy (non-hydrogen) atoms. The van der Waals surface area contributed by atoms with Crippen molar-refractivity contribution in [1.29, 1.82) is 0 Å². The smallest absolute Gasteiger partial charge is 0.159 e. The van der Waals surface area contributed by atoms with Gasteiger partial charge in [0.05, 0.1) is 0 Å². The minimum Gasteiger partial charge on any atom is -0.295 e. The number of fused-ring (bicyclic) bond motifs is 1. The molecule has 0 amide bonds. The van der Waals surface area contributed by atoms with Crippen LogP contribution in [0.15, 0.2) is 66.7 Å². The molecule has 1 heteroatoms. The van der Waals surface area contributed by atoms with Gasteiger partial charge in [0.2, 0.25) is 0 Å². The predicted molar refractivity (Wildman–Crippen MR) is 78.5 cm³/mol. The molecule has 0 radical (unpaired) electrons. The number of carbonyl (C=O) groups excluding carboxylic acids is 1. The number of benzene rings is 1. The summed E-state index contributed by atoms with van der Waals surface area (Å²) in [6.07, 6.45) is 0. The Balaban J connectivity index is 2.05. The van der Waals surface area contributed by atoms with Gasteiger partial charge in [-0.05, 0) is 41.3 Å². The fourth-order valence-corrected chi connectivity index (χ4v) is 2.28. The van der Waals surface area contributed by atoms with Gasteiger partial charge in [-0.3, -0.25) is 4.79 Å². The maximum Gasteiger partial charge on any atom is 0.159 e. The molecule has 2 aliphatic rings. The average molecular weight is 246 g/mol. The normalized spacial score (nSPS) is 10.6. The van der Waals surface area contributed by atoms with E-state index < -0.39 is 0 Å². The van der Waals surface area contributed by atoms with E-state index in [0.29, 0.717) is 0 Å². The van der Waals surface area contributed by atoms with Crippen LogP contribution in [0.1, 0.15) is 17.3 Å². The van der Waals surface area contributed by atoms with Crippen LogP contribution >= 0.6 is 0 Å². The van der Waals surface area contributed by atoms with E-state index in [1.807, 2.05) is 42.5 Å². The summed E-state index contributed by atoms with van der Waals surface area (Å²) in [7, 11) is 0. The van der Waals surface area contributed by atoms with Gasteiger partial charge in [-0.1, -0.05) is 54.6 Å². The lowest BCUT2D eigenvalue weighted by molar-refractivity contribution is 0.101. The number of carbonyl (C=O) groups is 1. The Morgan fingerprint density at radius 3 is 1.79 bits per heavy atom. The Bertz CT molecular complexity index is 664. The van der Waals surface area contributed by atoms with Gasteiger partial charge in [-0.25, -0.2) is 0 Å². The second-order valence-electron chi connectivity index (χ2n) is 4.70. The van der Waals surface area contributed by atoms with E-state index in [1.54, 1.807) is 6.92 Å². The number of ketones is 1. The molecule has 0 saturated heterocycles. The summed E-state index contributed by atoms with van der Waals surface area (Å²) in [6.45, 7) is 1.59. The molecule has 0 unspecified atom stereocenters. The van der Waals surface area contributed by atoms with Gasteiger partial charge >= 0.3 is 0 Å². The van der Waals surface area contributed by atoms with Crippen molar-refractivity contribution in [3.8, 4) is 22.3 Å². The molecule has 2 aliphatic carbocycles. The van der Waals surface area contributed by atoms with Crippen molar-refractivity contribution in [3.05, 3.63) is 72.3 Å². The summed E-state index contributed by atoms with van der Waals surface area (Å²) < 4.78 is 0. The summed E-state index contributed by atoms with van der Waals surface area (Å²) >= 11 is 0. The van der Waals surface area contributed by atoms with E-state index in [4.69, 9.17) is 0 Å². The molecule has 1 aromatic carbocycles. The molecule has 1 aromatic rings. The van der Waals surface area contributed by atoms with Crippen molar-refractivity contribution in [1.82, 2.24) is 0 Å². The maximum absolute atomic E-state index is 11.3. The molecule has 1 nitrogen and oxygen atoms in total. The highest BCUT2D eigenvalue weighted by Crippen LogP contribution is 2.31. The SMILES string of the molecule is CC(=O)c1ccc(-c2cc3cccccc-3c2)cc1. The third-order valence-corrected chi connectivity index (χ3v) is 3.35. The van der Waals surface area contributed by atoms with E-state index >= 15 is 0 Å². The summed E-state index contributed by atoms with van der Waals surface area (Å²) in [5.74, 6) is 0.103. The maximum atomic E-state index is 11.3. The average Bonchev–Trinajstić information content (AvgIpc) is 2.70. The van der Waals surface area contributed by atoms with Crippen LogP contribution in [0.5, 0.6) is 0 Å². The molecule has 0 N–H and O–H groups in total. The number of rotatable bonds is 2. The first kappa shape index (κ1) is 11.7. The Kier molecular flexibility index (Phi) is 2.88. The summed E-state index contributed by atoms with van der Waals surface area (Å²) in [5.41, 5.74) is 5.55. The molecule has 0 heterocycles. The fourth-order valence-electron chi connectivity index (χ4n) is 2.28. The highest BCUT2D eigenvalue weighted by Gasteiger charge is 2.07. The molecule has 0 spiro atoms. The zero-order chi connectivity index (χ0) is 13.2. The Labute approximate surface area is 112 Å². The summed E-state index contributed by atoms with van der Waals surface area (Å²) in [5, 5.41) is 0. The lowest BCUT2D eigenvalue weighted by atomic mass is 10.1. The van der Waals surface area contributed by atoms with Gasteiger partial charge in [0.15, 0.2) is 5.78 Å². The first-order chi connectivity index (χ1) is 9.24. The molecule has 0 fully saturated rings. The largest absolute Gasteiger partial charge is 0.295 e. The lowest BCUT2D eigenvalue weighted by Gasteiger charge is -1.99. The minimum absolute atomic E-state index is 0.103. The second kappa shape index (κ2) is 4.69. The number of hydrogen-bond acceptors (Lipinski definition) is 1. The van der Waals surface area contributed by atoms with Gasteiger partial charge in [0, 0.05) is 5.56 Å². The zero-order valence-electron chi connectivity index (χ0n) is 10.8. The molecular formula is C18H14O. The molecule has 0 bridgehead atoms. The van der Waals surface area contributed by atoms with Crippen LogP contribution in [-0.4, -0.2) is 5.78 Å².